The first-order valence-corrected chi connectivity index (χ1v) is 7.31. The highest BCUT2D eigenvalue weighted by Crippen LogP contribution is 2.43. The molecular formula is C16H19NO4. The predicted molar refractivity (Wildman–Crippen MR) is 75.5 cm³/mol. The van der Waals surface area contributed by atoms with Gasteiger partial charge < -0.3 is 15.2 Å². The van der Waals surface area contributed by atoms with Crippen molar-refractivity contribution in [2.45, 2.75) is 38.0 Å². The summed E-state index contributed by atoms with van der Waals surface area (Å²) in [5.74, 6) is -2.44. The number of fused-ring (bicyclic) bond motifs is 2. The fourth-order valence-electron chi connectivity index (χ4n) is 3.46. The van der Waals surface area contributed by atoms with Crippen molar-refractivity contribution in [2.24, 2.45) is 11.8 Å². The minimum atomic E-state index is -0.935. The van der Waals surface area contributed by atoms with Gasteiger partial charge in [0.25, 0.3) is 0 Å². The van der Waals surface area contributed by atoms with E-state index in [-0.39, 0.29) is 24.2 Å². The fourth-order valence-corrected chi connectivity index (χ4v) is 3.46. The Morgan fingerprint density at radius 1 is 1.19 bits per heavy atom. The van der Waals surface area contributed by atoms with Crippen molar-refractivity contribution in [3.63, 3.8) is 0 Å². The molecule has 0 spiro atoms. The van der Waals surface area contributed by atoms with Gasteiger partial charge in [-0.1, -0.05) is 30.3 Å². The van der Waals surface area contributed by atoms with E-state index in [1.54, 1.807) is 0 Å². The number of carbonyl (C=O) groups is 2. The van der Waals surface area contributed by atoms with Gasteiger partial charge in [-0.15, -0.1) is 0 Å². The molecule has 1 unspecified atom stereocenters. The van der Waals surface area contributed by atoms with Crippen LogP contribution < -0.4 is 5.32 Å². The van der Waals surface area contributed by atoms with Crippen LogP contribution in [0.5, 0.6) is 0 Å². The van der Waals surface area contributed by atoms with Gasteiger partial charge in [0, 0.05) is 0 Å². The molecule has 2 bridgehead atoms. The number of aliphatic carboxylic acids is 1. The van der Waals surface area contributed by atoms with Crippen LogP contribution in [0.2, 0.25) is 0 Å². The van der Waals surface area contributed by atoms with Gasteiger partial charge in [0.15, 0.2) is 0 Å². The van der Waals surface area contributed by atoms with E-state index in [1.165, 1.54) is 0 Å². The number of nitrogens with one attached hydrogen (secondary N) is 1. The van der Waals surface area contributed by atoms with Crippen molar-refractivity contribution < 1.29 is 19.4 Å². The minimum Gasteiger partial charge on any atom is -0.481 e. The zero-order valence-corrected chi connectivity index (χ0v) is 11.9. The largest absolute Gasteiger partial charge is 0.481 e. The zero-order valence-electron chi connectivity index (χ0n) is 11.9. The molecule has 0 radical (unpaired) electrons. The number of hydrogen-bond acceptors (Lipinski definition) is 3. The summed E-state index contributed by atoms with van der Waals surface area (Å²) in [5.41, 5.74) is 1.00. The Hall–Kier alpha value is -1.88. The van der Waals surface area contributed by atoms with Crippen molar-refractivity contribution in [1.82, 2.24) is 5.32 Å². The number of hydrogen-bond donors (Lipinski definition) is 2. The highest BCUT2D eigenvalue weighted by Gasteiger charge is 2.55. The van der Waals surface area contributed by atoms with E-state index in [0.717, 1.165) is 18.4 Å². The number of rotatable bonds is 4. The maximum Gasteiger partial charge on any atom is 0.310 e. The van der Waals surface area contributed by atoms with E-state index in [2.05, 4.69) is 5.32 Å². The smallest absolute Gasteiger partial charge is 0.310 e. The first-order valence-electron chi connectivity index (χ1n) is 7.31. The molecule has 0 aromatic heterocycles. The number of ether oxygens (including phenoxy) is 1. The van der Waals surface area contributed by atoms with Crippen LogP contribution in [-0.4, -0.2) is 29.2 Å². The highest BCUT2D eigenvalue weighted by molar-refractivity contribution is 5.86. The van der Waals surface area contributed by atoms with Gasteiger partial charge in [-0.25, -0.2) is 0 Å². The van der Waals surface area contributed by atoms with Gasteiger partial charge >= 0.3 is 5.97 Å². The SMILES string of the molecule is CC(NC(=O)[C@H]1[C@@H](C(=O)O)[C@H]2CC[C@@H]1O2)c1ccccc1. The van der Waals surface area contributed by atoms with Gasteiger partial charge in [0.1, 0.15) is 0 Å². The van der Waals surface area contributed by atoms with E-state index in [9.17, 15) is 14.7 Å². The Balaban J connectivity index is 1.72. The molecule has 2 heterocycles. The summed E-state index contributed by atoms with van der Waals surface area (Å²) in [6, 6.07) is 9.49. The topological polar surface area (TPSA) is 75.6 Å². The molecule has 3 rings (SSSR count). The second-order valence-corrected chi connectivity index (χ2v) is 5.82. The number of carbonyl (C=O) groups excluding carboxylic acids is 1. The van der Waals surface area contributed by atoms with Gasteiger partial charge in [-0.3, -0.25) is 9.59 Å². The van der Waals surface area contributed by atoms with Crippen LogP contribution in [0.25, 0.3) is 0 Å². The number of amides is 1. The molecule has 2 aliphatic rings. The molecule has 0 aliphatic carbocycles. The number of benzene rings is 1. The summed E-state index contributed by atoms with van der Waals surface area (Å²) < 4.78 is 5.63. The summed E-state index contributed by atoms with van der Waals surface area (Å²) in [5, 5.41) is 12.3. The summed E-state index contributed by atoms with van der Waals surface area (Å²) in [4.78, 5) is 23.9. The molecular weight excluding hydrogens is 270 g/mol. The van der Waals surface area contributed by atoms with Crippen LogP contribution in [0.1, 0.15) is 31.4 Å². The Morgan fingerprint density at radius 2 is 1.81 bits per heavy atom. The lowest BCUT2D eigenvalue weighted by molar-refractivity contribution is -0.148. The molecule has 2 saturated heterocycles. The lowest BCUT2D eigenvalue weighted by Crippen LogP contribution is -2.44. The third-order valence-electron chi connectivity index (χ3n) is 4.52. The molecule has 5 nitrogen and oxygen atoms in total. The number of carboxylic acid groups (broad SMARTS) is 1. The van der Waals surface area contributed by atoms with Crippen LogP contribution in [0.15, 0.2) is 30.3 Å². The Morgan fingerprint density at radius 3 is 2.43 bits per heavy atom. The molecule has 0 saturated carbocycles. The van der Waals surface area contributed by atoms with E-state index in [0.29, 0.717) is 0 Å². The standard InChI is InChI=1S/C16H19NO4/c1-9(10-5-3-2-4-6-10)17-15(18)13-11-7-8-12(21-11)14(13)16(19)20/h2-6,9,11-14H,7-8H2,1H3,(H,17,18)(H,19,20)/t9?,11-,12+,13+,14-/m0/s1. The molecule has 1 aromatic carbocycles. The first kappa shape index (κ1) is 14.1. The molecule has 5 heteroatoms. The molecule has 21 heavy (non-hydrogen) atoms. The Kier molecular flexibility index (Phi) is 3.68. The van der Waals surface area contributed by atoms with Gasteiger partial charge in [-0.05, 0) is 25.3 Å². The summed E-state index contributed by atoms with van der Waals surface area (Å²) >= 11 is 0. The lowest BCUT2D eigenvalue weighted by Gasteiger charge is -2.25. The molecule has 112 valence electrons. The van der Waals surface area contributed by atoms with Crippen molar-refractivity contribution in [3.05, 3.63) is 35.9 Å². The Labute approximate surface area is 123 Å². The second kappa shape index (κ2) is 5.48. The zero-order chi connectivity index (χ0) is 15.0. The van der Waals surface area contributed by atoms with Crippen molar-refractivity contribution in [2.75, 3.05) is 0 Å². The first-order chi connectivity index (χ1) is 10.1. The van der Waals surface area contributed by atoms with Gasteiger partial charge in [0.2, 0.25) is 5.91 Å². The molecule has 2 aliphatic heterocycles. The van der Waals surface area contributed by atoms with Crippen LogP contribution in [0.4, 0.5) is 0 Å². The molecule has 2 N–H and O–H groups in total. The number of carboxylic acids is 1. The monoisotopic (exact) mass is 289 g/mol. The van der Waals surface area contributed by atoms with Gasteiger partial charge in [-0.2, -0.15) is 0 Å². The van der Waals surface area contributed by atoms with Crippen LogP contribution in [-0.2, 0) is 14.3 Å². The normalized spacial score (nSPS) is 31.9. The summed E-state index contributed by atoms with van der Waals surface area (Å²) in [7, 11) is 0. The van der Waals surface area contributed by atoms with Crippen LogP contribution >= 0.6 is 0 Å². The molecule has 1 aromatic rings. The molecule has 1 amide bonds. The van der Waals surface area contributed by atoms with Gasteiger partial charge in [0.05, 0.1) is 30.1 Å². The van der Waals surface area contributed by atoms with E-state index >= 15 is 0 Å². The lowest BCUT2D eigenvalue weighted by atomic mass is 9.78. The average molecular weight is 289 g/mol. The molecule has 2 fully saturated rings. The third kappa shape index (κ3) is 2.53. The summed E-state index contributed by atoms with van der Waals surface area (Å²) in [6.45, 7) is 1.90. The fraction of sp³-hybridized carbons (Fsp3) is 0.500. The predicted octanol–water partition coefficient (Wildman–Crippen LogP) is 1.74. The Bertz CT molecular complexity index is 544. The summed E-state index contributed by atoms with van der Waals surface area (Å²) in [6.07, 6.45) is 0.945. The van der Waals surface area contributed by atoms with Crippen molar-refractivity contribution in [3.8, 4) is 0 Å². The van der Waals surface area contributed by atoms with Crippen LogP contribution in [0, 0.1) is 11.8 Å². The quantitative estimate of drug-likeness (QED) is 0.885. The second-order valence-electron chi connectivity index (χ2n) is 5.82. The van der Waals surface area contributed by atoms with E-state index in [4.69, 9.17) is 4.74 Å². The minimum absolute atomic E-state index is 0.146. The maximum atomic E-state index is 12.5. The average Bonchev–Trinajstić information content (AvgIpc) is 3.08. The van der Waals surface area contributed by atoms with Crippen molar-refractivity contribution >= 4 is 11.9 Å². The highest BCUT2D eigenvalue weighted by atomic mass is 16.5. The van der Waals surface area contributed by atoms with E-state index < -0.39 is 17.8 Å². The van der Waals surface area contributed by atoms with Crippen molar-refractivity contribution in [1.29, 1.82) is 0 Å². The van der Waals surface area contributed by atoms with Crippen LogP contribution in [0.3, 0.4) is 0 Å². The maximum absolute atomic E-state index is 12.5. The molecule has 5 atom stereocenters. The third-order valence-corrected chi connectivity index (χ3v) is 4.52. The van der Waals surface area contributed by atoms with E-state index in [1.807, 2.05) is 37.3 Å².